The molecule has 2 aliphatic rings. The molecule has 0 unspecified atom stereocenters. The minimum Gasteiger partial charge on any atom is -0.461 e. The molecule has 0 radical (unpaired) electrons. The molecule has 2 fully saturated rings. The van der Waals surface area contributed by atoms with Gasteiger partial charge in [0.25, 0.3) is 5.91 Å². The van der Waals surface area contributed by atoms with Gasteiger partial charge in [0.1, 0.15) is 23.4 Å². The quantitative estimate of drug-likeness (QED) is 0.267. The Kier molecular flexibility index (Phi) is 7.94. The summed E-state index contributed by atoms with van der Waals surface area (Å²) < 4.78 is 17.5. The van der Waals surface area contributed by atoms with Gasteiger partial charge in [-0.15, -0.1) is 11.3 Å². The molecule has 2 aromatic carbocycles. The predicted octanol–water partition coefficient (Wildman–Crippen LogP) is 4.98. The molecule has 4 heterocycles. The number of piperazine rings is 1. The van der Waals surface area contributed by atoms with E-state index in [4.69, 9.17) is 24.2 Å². The SMILES string of the molecule is CCc1cc2c(N3CCN(C(=O)c4cccc(C(=O)c5ccccc5)c4)CC3)nc(OC[C@H]3COC(C)(C)O3)nc2s1. The number of benzene rings is 2. The van der Waals surface area contributed by atoms with Crippen LogP contribution < -0.4 is 9.64 Å². The molecule has 0 saturated carbocycles. The summed E-state index contributed by atoms with van der Waals surface area (Å²) in [7, 11) is 0. The van der Waals surface area contributed by atoms with Gasteiger partial charge in [-0.2, -0.15) is 9.97 Å². The van der Waals surface area contributed by atoms with Gasteiger partial charge in [0.2, 0.25) is 0 Å². The van der Waals surface area contributed by atoms with E-state index in [9.17, 15) is 9.59 Å². The van der Waals surface area contributed by atoms with E-state index in [-0.39, 0.29) is 17.8 Å². The zero-order valence-corrected chi connectivity index (χ0v) is 24.9. The Morgan fingerprint density at radius 3 is 2.43 bits per heavy atom. The second-order valence-electron chi connectivity index (χ2n) is 10.9. The average molecular weight is 587 g/mol. The number of rotatable bonds is 8. The van der Waals surface area contributed by atoms with Gasteiger partial charge in [-0.1, -0.05) is 49.4 Å². The first kappa shape index (κ1) is 28.3. The second-order valence-corrected chi connectivity index (χ2v) is 12.0. The Labute approximate surface area is 249 Å². The summed E-state index contributed by atoms with van der Waals surface area (Å²) in [6, 6.07) is 18.6. The van der Waals surface area contributed by atoms with Crippen LogP contribution in [0.25, 0.3) is 10.2 Å². The lowest BCUT2D eigenvalue weighted by Gasteiger charge is -2.35. The summed E-state index contributed by atoms with van der Waals surface area (Å²) in [5.74, 6) is 0.0138. The molecule has 2 aromatic heterocycles. The second kappa shape index (κ2) is 11.8. The Morgan fingerprint density at radius 1 is 0.976 bits per heavy atom. The summed E-state index contributed by atoms with van der Waals surface area (Å²) in [5, 5.41) is 0.998. The number of nitrogens with zero attached hydrogens (tertiary/aromatic N) is 4. The summed E-state index contributed by atoms with van der Waals surface area (Å²) in [6.07, 6.45) is 0.723. The fourth-order valence-electron chi connectivity index (χ4n) is 5.28. The first-order chi connectivity index (χ1) is 20.3. The van der Waals surface area contributed by atoms with Crippen molar-refractivity contribution in [3.63, 3.8) is 0 Å². The van der Waals surface area contributed by atoms with Crippen molar-refractivity contribution in [3.8, 4) is 6.01 Å². The number of fused-ring (bicyclic) bond motifs is 1. The molecule has 9 nitrogen and oxygen atoms in total. The molecule has 4 aromatic rings. The molecule has 2 saturated heterocycles. The van der Waals surface area contributed by atoms with Crippen molar-refractivity contribution in [1.29, 1.82) is 0 Å². The zero-order chi connectivity index (χ0) is 29.3. The Hall–Kier alpha value is -3.86. The van der Waals surface area contributed by atoms with E-state index in [1.807, 2.05) is 36.9 Å². The van der Waals surface area contributed by atoms with E-state index in [0.29, 0.717) is 62.1 Å². The molecular formula is C32H34N4O5S. The summed E-state index contributed by atoms with van der Waals surface area (Å²) >= 11 is 1.65. The molecule has 10 heteroatoms. The number of thiophene rings is 1. The van der Waals surface area contributed by atoms with Crippen molar-refractivity contribution < 1.29 is 23.8 Å². The monoisotopic (exact) mass is 586 g/mol. The van der Waals surface area contributed by atoms with E-state index < -0.39 is 5.79 Å². The summed E-state index contributed by atoms with van der Waals surface area (Å²) in [4.78, 5) is 42.0. The molecule has 0 spiro atoms. The maximum absolute atomic E-state index is 13.4. The number of carbonyl (C=O) groups is 2. The fourth-order valence-corrected chi connectivity index (χ4v) is 6.24. The highest BCUT2D eigenvalue weighted by atomic mass is 32.1. The van der Waals surface area contributed by atoms with E-state index >= 15 is 0 Å². The van der Waals surface area contributed by atoms with Gasteiger partial charge in [-0.3, -0.25) is 9.59 Å². The highest BCUT2D eigenvalue weighted by molar-refractivity contribution is 7.18. The van der Waals surface area contributed by atoms with Crippen molar-refractivity contribution >= 4 is 39.1 Å². The van der Waals surface area contributed by atoms with Gasteiger partial charge in [0.15, 0.2) is 11.6 Å². The van der Waals surface area contributed by atoms with Crippen LogP contribution in [0.3, 0.4) is 0 Å². The molecule has 1 amide bonds. The minimum absolute atomic E-state index is 0.0836. The van der Waals surface area contributed by atoms with Gasteiger partial charge < -0.3 is 24.0 Å². The van der Waals surface area contributed by atoms with E-state index in [2.05, 4.69) is 17.9 Å². The fraction of sp³-hybridized carbons (Fsp3) is 0.375. The van der Waals surface area contributed by atoms with E-state index in [0.717, 1.165) is 22.5 Å². The number of carbonyl (C=O) groups excluding carboxylic acids is 2. The lowest BCUT2D eigenvalue weighted by Crippen LogP contribution is -2.49. The lowest BCUT2D eigenvalue weighted by molar-refractivity contribution is -0.141. The Bertz CT molecular complexity index is 1600. The van der Waals surface area contributed by atoms with Crippen molar-refractivity contribution in [2.75, 3.05) is 44.3 Å². The van der Waals surface area contributed by atoms with Gasteiger partial charge in [0, 0.05) is 47.7 Å². The van der Waals surface area contributed by atoms with Crippen LogP contribution in [0.4, 0.5) is 5.82 Å². The average Bonchev–Trinajstić information content (AvgIpc) is 3.61. The van der Waals surface area contributed by atoms with Crippen molar-refractivity contribution in [2.45, 2.75) is 39.1 Å². The maximum Gasteiger partial charge on any atom is 0.319 e. The first-order valence-corrected chi connectivity index (χ1v) is 15.1. The molecule has 1 atom stereocenters. The number of ketones is 1. The molecule has 42 heavy (non-hydrogen) atoms. The highest BCUT2D eigenvalue weighted by Crippen LogP contribution is 2.34. The van der Waals surface area contributed by atoms with Crippen LogP contribution in [-0.2, 0) is 15.9 Å². The molecule has 6 rings (SSSR count). The normalized spacial score (nSPS) is 18.4. The van der Waals surface area contributed by atoms with Crippen LogP contribution in [0.5, 0.6) is 6.01 Å². The number of aryl methyl sites for hydroxylation is 1. The summed E-state index contributed by atoms with van der Waals surface area (Å²) in [5.41, 5.74) is 1.61. The van der Waals surface area contributed by atoms with Crippen molar-refractivity contribution in [2.24, 2.45) is 0 Å². The van der Waals surface area contributed by atoms with Gasteiger partial charge >= 0.3 is 6.01 Å². The standard InChI is InChI=1S/C32H34N4O5S/c1-4-25-18-26-28(33-31(34-29(26)42-25)39-19-24-20-40-32(2,3)41-24)35-13-15-36(16-14-35)30(38)23-12-8-11-22(17-23)27(37)21-9-6-5-7-10-21/h5-12,17-18,24H,4,13-16,19-20H2,1-3H3/t24-/m0/s1. The third-order valence-electron chi connectivity index (χ3n) is 7.49. The van der Waals surface area contributed by atoms with Crippen molar-refractivity contribution in [3.05, 3.63) is 82.2 Å². The van der Waals surface area contributed by atoms with Crippen LogP contribution in [0, 0.1) is 0 Å². The minimum atomic E-state index is -0.621. The molecule has 218 valence electrons. The number of hydrogen-bond donors (Lipinski definition) is 0. The zero-order valence-electron chi connectivity index (χ0n) is 24.0. The summed E-state index contributed by atoms with van der Waals surface area (Å²) in [6.45, 7) is 8.95. The van der Waals surface area contributed by atoms with Crippen LogP contribution in [0.15, 0.2) is 60.7 Å². The van der Waals surface area contributed by atoms with Gasteiger partial charge in [-0.25, -0.2) is 0 Å². The van der Waals surface area contributed by atoms with Crippen LogP contribution >= 0.6 is 11.3 Å². The molecule has 0 N–H and O–H groups in total. The lowest BCUT2D eigenvalue weighted by atomic mass is 10.0. The van der Waals surface area contributed by atoms with Gasteiger partial charge in [-0.05, 0) is 38.5 Å². The van der Waals surface area contributed by atoms with Crippen LogP contribution in [0.1, 0.15) is 51.9 Å². The smallest absolute Gasteiger partial charge is 0.319 e. The number of ether oxygens (including phenoxy) is 3. The van der Waals surface area contributed by atoms with Gasteiger partial charge in [0.05, 0.1) is 12.0 Å². The number of hydrogen-bond acceptors (Lipinski definition) is 9. The number of aromatic nitrogens is 2. The largest absolute Gasteiger partial charge is 0.461 e. The predicted molar refractivity (Wildman–Crippen MR) is 162 cm³/mol. The topological polar surface area (TPSA) is 94.1 Å². The van der Waals surface area contributed by atoms with E-state index in [1.54, 1.807) is 47.7 Å². The maximum atomic E-state index is 13.4. The molecule has 0 aliphatic carbocycles. The Balaban J connectivity index is 1.16. The van der Waals surface area contributed by atoms with E-state index in [1.165, 1.54) is 4.88 Å². The highest BCUT2D eigenvalue weighted by Gasteiger charge is 2.33. The van der Waals surface area contributed by atoms with Crippen LogP contribution in [-0.4, -0.2) is 77.8 Å². The molecule has 0 bridgehead atoms. The first-order valence-electron chi connectivity index (χ1n) is 14.3. The number of amides is 1. The number of anilines is 1. The third-order valence-corrected chi connectivity index (χ3v) is 8.66. The van der Waals surface area contributed by atoms with Crippen LogP contribution in [0.2, 0.25) is 0 Å². The third kappa shape index (κ3) is 6.01. The molecule has 2 aliphatic heterocycles. The van der Waals surface area contributed by atoms with Crippen molar-refractivity contribution in [1.82, 2.24) is 14.9 Å². The Morgan fingerprint density at radius 2 is 1.71 bits per heavy atom. The molecular weight excluding hydrogens is 552 g/mol.